The number of rotatable bonds is 5. The average molecular weight is 264 g/mol. The minimum absolute atomic E-state index is 0.232. The summed E-state index contributed by atoms with van der Waals surface area (Å²) in [5.74, 6) is -0.0612. The van der Waals surface area contributed by atoms with Crippen molar-refractivity contribution in [2.75, 3.05) is 12.3 Å². The number of carbonyl (C=O) groups excluding carboxylic acids is 2. The summed E-state index contributed by atoms with van der Waals surface area (Å²) in [6.07, 6.45) is 0. The van der Waals surface area contributed by atoms with Crippen molar-refractivity contribution in [1.29, 1.82) is 5.26 Å². The van der Waals surface area contributed by atoms with Crippen LogP contribution in [0.25, 0.3) is 0 Å². The van der Waals surface area contributed by atoms with Gasteiger partial charge in [0.1, 0.15) is 11.2 Å². The van der Waals surface area contributed by atoms with Crippen LogP contribution in [-0.2, 0) is 4.79 Å². The number of hydrogen-bond donors (Lipinski definition) is 1. The van der Waals surface area contributed by atoms with Crippen LogP contribution in [0.4, 0.5) is 0 Å². The van der Waals surface area contributed by atoms with Gasteiger partial charge in [0.2, 0.25) is 0 Å². The maximum Gasteiger partial charge on any atom is 0.308 e. The van der Waals surface area contributed by atoms with Crippen LogP contribution < -0.4 is 10.1 Å². The van der Waals surface area contributed by atoms with Gasteiger partial charge in [-0.15, -0.1) is 0 Å². The van der Waals surface area contributed by atoms with Crippen LogP contribution in [0.3, 0.4) is 0 Å². The number of ether oxygens (including phenoxy) is 1. The maximum absolute atomic E-state index is 11.8. The number of esters is 1. The van der Waals surface area contributed by atoms with E-state index in [-0.39, 0.29) is 11.7 Å². The third-order valence-corrected chi connectivity index (χ3v) is 2.48. The number of nitrogens with one attached hydrogen (secondary N) is 1. The molecule has 0 aromatic heterocycles. The third-order valence-electron chi connectivity index (χ3n) is 1.94. The van der Waals surface area contributed by atoms with Gasteiger partial charge in [-0.05, 0) is 23.9 Å². The highest BCUT2D eigenvalue weighted by atomic mass is 32.2. The quantitative estimate of drug-likeness (QED) is 0.378. The van der Waals surface area contributed by atoms with Gasteiger partial charge >= 0.3 is 5.97 Å². The summed E-state index contributed by atoms with van der Waals surface area (Å²) in [7, 11) is 0. The molecule has 0 atom stereocenters. The van der Waals surface area contributed by atoms with E-state index in [1.165, 1.54) is 6.92 Å². The standard InChI is InChI=1S/C12H12N2O3S/c1-9(15)17-11-5-3-2-4-10(11)12(16)14-6-7-18-8-13/h2-5H,6-7H2,1H3,(H,14,16). The third kappa shape index (κ3) is 4.47. The molecule has 0 spiro atoms. The highest BCUT2D eigenvalue weighted by Crippen LogP contribution is 2.17. The molecule has 94 valence electrons. The summed E-state index contributed by atoms with van der Waals surface area (Å²) in [4.78, 5) is 22.7. The zero-order valence-corrected chi connectivity index (χ0v) is 10.6. The van der Waals surface area contributed by atoms with Crippen molar-refractivity contribution in [3.63, 3.8) is 0 Å². The topological polar surface area (TPSA) is 79.2 Å². The van der Waals surface area contributed by atoms with Gasteiger partial charge in [-0.3, -0.25) is 9.59 Å². The molecule has 0 heterocycles. The van der Waals surface area contributed by atoms with Gasteiger partial charge in [-0.1, -0.05) is 12.1 Å². The minimum atomic E-state index is -0.477. The lowest BCUT2D eigenvalue weighted by Crippen LogP contribution is -2.26. The molecule has 6 heteroatoms. The van der Waals surface area contributed by atoms with Crippen LogP contribution in [0, 0.1) is 10.7 Å². The van der Waals surface area contributed by atoms with E-state index in [4.69, 9.17) is 10.00 Å². The molecule has 5 nitrogen and oxygen atoms in total. The highest BCUT2D eigenvalue weighted by Gasteiger charge is 2.12. The van der Waals surface area contributed by atoms with E-state index >= 15 is 0 Å². The normalized spacial score (nSPS) is 9.33. The van der Waals surface area contributed by atoms with E-state index in [0.717, 1.165) is 11.8 Å². The van der Waals surface area contributed by atoms with Crippen LogP contribution in [0.2, 0.25) is 0 Å². The summed E-state index contributed by atoms with van der Waals surface area (Å²) >= 11 is 1.07. The van der Waals surface area contributed by atoms with Gasteiger partial charge in [0, 0.05) is 19.2 Å². The Bertz CT molecular complexity index is 482. The van der Waals surface area contributed by atoms with Crippen molar-refractivity contribution in [3.8, 4) is 11.2 Å². The molecule has 0 unspecified atom stereocenters. The van der Waals surface area contributed by atoms with Crippen LogP contribution in [0.5, 0.6) is 5.75 Å². The fraction of sp³-hybridized carbons (Fsp3) is 0.250. The Morgan fingerprint density at radius 3 is 2.83 bits per heavy atom. The Morgan fingerprint density at radius 1 is 1.44 bits per heavy atom. The molecular formula is C12H12N2O3S. The number of carbonyl (C=O) groups is 2. The first kappa shape index (κ1) is 14.1. The maximum atomic E-state index is 11.8. The van der Waals surface area contributed by atoms with Crippen molar-refractivity contribution in [1.82, 2.24) is 5.32 Å². The van der Waals surface area contributed by atoms with E-state index in [1.807, 2.05) is 5.40 Å². The monoisotopic (exact) mass is 264 g/mol. The van der Waals surface area contributed by atoms with Crippen LogP contribution >= 0.6 is 11.8 Å². The number of benzene rings is 1. The zero-order chi connectivity index (χ0) is 13.4. The van der Waals surface area contributed by atoms with Crippen molar-refractivity contribution < 1.29 is 14.3 Å². The SMILES string of the molecule is CC(=O)Oc1ccccc1C(=O)NCCSC#N. The molecule has 1 aromatic rings. The lowest BCUT2D eigenvalue weighted by atomic mass is 10.2. The largest absolute Gasteiger partial charge is 0.426 e. The Hall–Kier alpha value is -2.00. The van der Waals surface area contributed by atoms with E-state index in [9.17, 15) is 9.59 Å². The van der Waals surface area contributed by atoms with Crippen molar-refractivity contribution in [2.24, 2.45) is 0 Å². The fourth-order valence-electron chi connectivity index (χ4n) is 1.25. The van der Waals surface area contributed by atoms with Gasteiger partial charge in [0.15, 0.2) is 0 Å². The average Bonchev–Trinajstić information content (AvgIpc) is 2.34. The number of amides is 1. The number of hydrogen-bond acceptors (Lipinski definition) is 5. The Morgan fingerprint density at radius 2 is 2.17 bits per heavy atom. The molecular weight excluding hydrogens is 252 g/mol. The molecule has 0 fully saturated rings. The van der Waals surface area contributed by atoms with Gasteiger partial charge in [0.25, 0.3) is 5.91 Å². The highest BCUT2D eigenvalue weighted by molar-refractivity contribution is 8.03. The molecule has 1 N–H and O–H groups in total. The summed E-state index contributed by atoms with van der Waals surface area (Å²) in [6.45, 7) is 1.66. The number of nitrogens with zero attached hydrogens (tertiary/aromatic N) is 1. The lowest BCUT2D eigenvalue weighted by Gasteiger charge is -2.08. The molecule has 0 radical (unpaired) electrons. The van der Waals surface area contributed by atoms with Crippen LogP contribution in [0.15, 0.2) is 24.3 Å². The number of thioether (sulfide) groups is 1. The Labute approximate surface area is 109 Å². The van der Waals surface area contributed by atoms with Gasteiger partial charge in [-0.2, -0.15) is 5.26 Å². The van der Waals surface area contributed by atoms with E-state index in [2.05, 4.69) is 5.32 Å². The predicted molar refractivity (Wildman–Crippen MR) is 68.2 cm³/mol. The molecule has 0 saturated heterocycles. The van der Waals surface area contributed by atoms with Gasteiger partial charge in [-0.25, -0.2) is 0 Å². The van der Waals surface area contributed by atoms with Gasteiger partial charge < -0.3 is 10.1 Å². The van der Waals surface area contributed by atoms with Gasteiger partial charge in [0.05, 0.1) is 5.56 Å². The Balaban J connectivity index is 2.67. The molecule has 1 rings (SSSR count). The lowest BCUT2D eigenvalue weighted by molar-refractivity contribution is -0.131. The molecule has 0 aliphatic heterocycles. The molecule has 18 heavy (non-hydrogen) atoms. The first-order valence-electron chi connectivity index (χ1n) is 5.21. The number of thiocyanates is 1. The second-order valence-corrected chi connectivity index (χ2v) is 4.16. The molecule has 0 saturated carbocycles. The summed E-state index contributed by atoms with van der Waals surface area (Å²) in [6, 6.07) is 6.50. The fourth-order valence-corrected chi connectivity index (χ4v) is 1.55. The molecule has 1 amide bonds. The zero-order valence-electron chi connectivity index (χ0n) is 9.80. The number of nitriles is 1. The Kier molecular flexibility index (Phi) is 5.74. The molecule has 0 bridgehead atoms. The summed E-state index contributed by atoms with van der Waals surface area (Å²) < 4.78 is 4.94. The van der Waals surface area contributed by atoms with Crippen molar-refractivity contribution in [3.05, 3.63) is 29.8 Å². The second kappa shape index (κ2) is 7.35. The first-order valence-corrected chi connectivity index (χ1v) is 6.20. The van der Waals surface area contributed by atoms with E-state index in [1.54, 1.807) is 24.3 Å². The van der Waals surface area contributed by atoms with E-state index < -0.39 is 5.97 Å². The predicted octanol–water partition coefficient (Wildman–Crippen LogP) is 1.56. The van der Waals surface area contributed by atoms with E-state index in [0.29, 0.717) is 17.9 Å². The molecule has 1 aromatic carbocycles. The molecule has 0 aliphatic carbocycles. The minimum Gasteiger partial charge on any atom is -0.426 e. The van der Waals surface area contributed by atoms with Crippen molar-refractivity contribution >= 4 is 23.6 Å². The molecule has 0 aliphatic rings. The second-order valence-electron chi connectivity index (χ2n) is 3.29. The first-order chi connectivity index (χ1) is 8.65. The number of para-hydroxylation sites is 1. The summed E-state index contributed by atoms with van der Waals surface area (Å²) in [5, 5.41) is 12.9. The summed E-state index contributed by atoms with van der Waals surface area (Å²) in [5.41, 5.74) is 0.301. The van der Waals surface area contributed by atoms with Crippen LogP contribution in [0.1, 0.15) is 17.3 Å². The smallest absolute Gasteiger partial charge is 0.308 e. The van der Waals surface area contributed by atoms with Crippen LogP contribution in [-0.4, -0.2) is 24.2 Å². The van der Waals surface area contributed by atoms with Crippen molar-refractivity contribution in [2.45, 2.75) is 6.92 Å².